The maximum atomic E-state index is 14.7. The molecule has 0 bridgehead atoms. The van der Waals surface area contributed by atoms with Gasteiger partial charge in [0.15, 0.2) is 0 Å². The summed E-state index contributed by atoms with van der Waals surface area (Å²) >= 11 is 0. The number of ether oxygens (including phenoxy) is 1. The Hall–Kier alpha value is -2.82. The molecule has 4 rings (SSSR count). The highest BCUT2D eigenvalue weighted by Crippen LogP contribution is 2.31. The molecule has 1 aliphatic heterocycles. The van der Waals surface area contributed by atoms with Gasteiger partial charge in [0.2, 0.25) is 0 Å². The van der Waals surface area contributed by atoms with Crippen molar-refractivity contribution in [3.05, 3.63) is 58.9 Å². The first-order chi connectivity index (χ1) is 13.1. The molecule has 0 saturated carbocycles. The van der Waals surface area contributed by atoms with Gasteiger partial charge in [0.05, 0.1) is 41.3 Å². The fourth-order valence-electron chi connectivity index (χ4n) is 3.42. The number of hydrogen-bond donors (Lipinski definition) is 1. The van der Waals surface area contributed by atoms with E-state index >= 15 is 0 Å². The number of halogens is 2. The molecule has 0 spiro atoms. The quantitative estimate of drug-likeness (QED) is 0.772. The minimum absolute atomic E-state index is 0.0604. The van der Waals surface area contributed by atoms with Crippen LogP contribution in [-0.2, 0) is 11.2 Å². The molecule has 1 N–H and O–H groups in total. The lowest BCUT2D eigenvalue weighted by molar-refractivity contribution is 0.0286. The molecule has 0 amide bonds. The van der Waals surface area contributed by atoms with Gasteiger partial charge in [0.1, 0.15) is 17.3 Å². The zero-order valence-corrected chi connectivity index (χ0v) is 14.8. The highest BCUT2D eigenvalue weighted by Gasteiger charge is 2.25. The van der Waals surface area contributed by atoms with Crippen LogP contribution >= 0.6 is 0 Å². The van der Waals surface area contributed by atoms with Crippen LogP contribution in [0, 0.1) is 29.9 Å². The Labute approximate surface area is 155 Å². The van der Waals surface area contributed by atoms with E-state index in [-0.39, 0.29) is 22.9 Å². The number of fused-ring (bicyclic) bond motifs is 1. The van der Waals surface area contributed by atoms with Crippen molar-refractivity contribution in [2.45, 2.75) is 19.4 Å². The third kappa shape index (κ3) is 3.29. The van der Waals surface area contributed by atoms with Gasteiger partial charge in [-0.3, -0.25) is 0 Å². The van der Waals surface area contributed by atoms with Gasteiger partial charge in [0, 0.05) is 25.7 Å². The minimum Gasteiger partial charge on any atom is -0.375 e. The van der Waals surface area contributed by atoms with Crippen molar-refractivity contribution >= 4 is 5.65 Å². The summed E-state index contributed by atoms with van der Waals surface area (Å²) in [7, 11) is 0. The van der Waals surface area contributed by atoms with Gasteiger partial charge in [-0.25, -0.2) is 13.8 Å². The molecule has 138 valence electrons. The van der Waals surface area contributed by atoms with E-state index in [0.29, 0.717) is 30.9 Å². The molecule has 7 heteroatoms. The largest absolute Gasteiger partial charge is 0.375 e. The highest BCUT2D eigenvalue weighted by molar-refractivity contribution is 5.69. The number of hydrogen-bond acceptors (Lipinski definition) is 4. The first-order valence-corrected chi connectivity index (χ1v) is 8.76. The number of aromatic nitrogens is 2. The molecular formula is C20H18F2N4O. The first-order valence-electron chi connectivity index (χ1n) is 8.76. The Balaban J connectivity index is 1.89. The van der Waals surface area contributed by atoms with Gasteiger partial charge in [-0.15, -0.1) is 0 Å². The summed E-state index contributed by atoms with van der Waals surface area (Å²) in [6.07, 6.45) is 2.21. The van der Waals surface area contributed by atoms with E-state index in [4.69, 9.17) is 10.00 Å². The Kier molecular flexibility index (Phi) is 4.60. The monoisotopic (exact) mass is 368 g/mol. The third-order valence-corrected chi connectivity index (χ3v) is 4.71. The summed E-state index contributed by atoms with van der Waals surface area (Å²) in [5.74, 6) is -1.59. The zero-order chi connectivity index (χ0) is 19.0. The highest BCUT2D eigenvalue weighted by atomic mass is 19.1. The molecule has 3 aromatic rings. The van der Waals surface area contributed by atoms with Crippen molar-refractivity contribution in [3.8, 4) is 17.3 Å². The number of rotatable bonds is 3. The number of aryl methyl sites for hydroxylation is 1. The number of benzene rings is 1. The first kappa shape index (κ1) is 17.6. The van der Waals surface area contributed by atoms with Crippen molar-refractivity contribution in [2.75, 3.05) is 19.7 Å². The average molecular weight is 368 g/mol. The predicted molar refractivity (Wildman–Crippen MR) is 96.3 cm³/mol. The van der Waals surface area contributed by atoms with Gasteiger partial charge in [-0.1, -0.05) is 0 Å². The molecule has 27 heavy (non-hydrogen) atoms. The van der Waals surface area contributed by atoms with E-state index in [0.717, 1.165) is 24.2 Å². The minimum atomic E-state index is -0.796. The fourth-order valence-corrected chi connectivity index (χ4v) is 3.42. The summed E-state index contributed by atoms with van der Waals surface area (Å²) in [5, 5.41) is 12.2. The van der Waals surface area contributed by atoms with E-state index < -0.39 is 11.6 Å². The Morgan fingerprint density at radius 3 is 2.78 bits per heavy atom. The average Bonchev–Trinajstić information content (AvgIpc) is 2.99. The van der Waals surface area contributed by atoms with Crippen LogP contribution in [0.1, 0.15) is 16.8 Å². The van der Waals surface area contributed by atoms with Crippen LogP contribution in [0.5, 0.6) is 0 Å². The van der Waals surface area contributed by atoms with E-state index in [1.165, 1.54) is 0 Å². The molecular weight excluding hydrogens is 350 g/mol. The molecule has 1 saturated heterocycles. The Morgan fingerprint density at radius 1 is 1.33 bits per heavy atom. The summed E-state index contributed by atoms with van der Waals surface area (Å²) in [6, 6.07) is 7.63. The normalized spacial score (nSPS) is 17.2. The van der Waals surface area contributed by atoms with Crippen LogP contribution in [0.25, 0.3) is 16.9 Å². The van der Waals surface area contributed by atoms with Crippen LogP contribution in [0.3, 0.4) is 0 Å². The number of nitriles is 1. The van der Waals surface area contributed by atoms with Crippen molar-refractivity contribution in [3.63, 3.8) is 0 Å². The summed E-state index contributed by atoms with van der Waals surface area (Å²) in [6.45, 7) is 3.98. The van der Waals surface area contributed by atoms with Crippen LogP contribution in [0.2, 0.25) is 0 Å². The van der Waals surface area contributed by atoms with Gasteiger partial charge in [0.25, 0.3) is 0 Å². The smallest absolute Gasteiger partial charge is 0.137 e. The Morgan fingerprint density at radius 2 is 2.11 bits per heavy atom. The number of imidazole rings is 1. The van der Waals surface area contributed by atoms with Crippen molar-refractivity contribution in [1.82, 2.24) is 14.7 Å². The van der Waals surface area contributed by atoms with E-state index in [2.05, 4.69) is 10.3 Å². The van der Waals surface area contributed by atoms with Gasteiger partial charge < -0.3 is 14.5 Å². The number of morpholine rings is 1. The molecule has 2 aromatic heterocycles. The molecule has 5 nitrogen and oxygen atoms in total. The second kappa shape index (κ2) is 7.06. The maximum Gasteiger partial charge on any atom is 0.137 e. The standard InChI is InChI=1S/C20H18F2N4O/c1-12-2-4-26-17(9-14-11-24-3-5-27-14)20(25-18(26)6-12)19-15(21)7-13(10-23)8-16(19)22/h2,4,6-8,14,24H,3,5,9,11H2,1H3. The van der Waals surface area contributed by atoms with Crippen LogP contribution in [0.4, 0.5) is 8.78 Å². The molecule has 1 fully saturated rings. The molecule has 0 radical (unpaired) electrons. The van der Waals surface area contributed by atoms with E-state index in [1.807, 2.05) is 29.7 Å². The lowest BCUT2D eigenvalue weighted by Gasteiger charge is -2.24. The number of nitrogens with one attached hydrogen (secondary N) is 1. The van der Waals surface area contributed by atoms with Gasteiger partial charge >= 0.3 is 0 Å². The van der Waals surface area contributed by atoms with E-state index in [9.17, 15) is 8.78 Å². The maximum absolute atomic E-state index is 14.7. The summed E-state index contributed by atoms with van der Waals surface area (Å²) in [5.41, 5.74) is 2.27. The molecule has 1 atom stereocenters. The summed E-state index contributed by atoms with van der Waals surface area (Å²) in [4.78, 5) is 4.51. The third-order valence-electron chi connectivity index (χ3n) is 4.71. The second-order valence-corrected chi connectivity index (χ2v) is 6.67. The van der Waals surface area contributed by atoms with Crippen LogP contribution in [0.15, 0.2) is 30.5 Å². The molecule has 0 aliphatic carbocycles. The SMILES string of the molecule is Cc1ccn2c(CC3CNCCO3)c(-c3c(F)cc(C#N)cc3F)nc2c1. The lowest BCUT2D eigenvalue weighted by atomic mass is 10.0. The van der Waals surface area contributed by atoms with Crippen molar-refractivity contribution < 1.29 is 13.5 Å². The number of nitrogens with zero attached hydrogens (tertiary/aromatic N) is 3. The lowest BCUT2D eigenvalue weighted by Crippen LogP contribution is -2.39. The molecule has 3 heterocycles. The molecule has 1 aromatic carbocycles. The Bertz CT molecular complexity index is 1030. The van der Waals surface area contributed by atoms with E-state index in [1.54, 1.807) is 6.07 Å². The molecule has 1 unspecified atom stereocenters. The topological polar surface area (TPSA) is 62.3 Å². The zero-order valence-electron chi connectivity index (χ0n) is 14.8. The van der Waals surface area contributed by atoms with Crippen molar-refractivity contribution in [1.29, 1.82) is 5.26 Å². The van der Waals surface area contributed by atoms with Gasteiger partial charge in [-0.2, -0.15) is 5.26 Å². The molecule has 1 aliphatic rings. The van der Waals surface area contributed by atoms with Gasteiger partial charge in [-0.05, 0) is 36.8 Å². The second-order valence-electron chi connectivity index (χ2n) is 6.67. The number of pyridine rings is 1. The van der Waals surface area contributed by atoms with Crippen LogP contribution < -0.4 is 5.32 Å². The van der Waals surface area contributed by atoms with Crippen molar-refractivity contribution in [2.24, 2.45) is 0 Å². The summed E-state index contributed by atoms with van der Waals surface area (Å²) < 4.78 is 37.0. The predicted octanol–water partition coefficient (Wildman–Crippen LogP) is 2.99. The van der Waals surface area contributed by atoms with Crippen LogP contribution in [-0.4, -0.2) is 35.2 Å². The fraction of sp³-hybridized carbons (Fsp3) is 0.300.